The van der Waals surface area contributed by atoms with Crippen molar-refractivity contribution in [3.63, 3.8) is 0 Å². The van der Waals surface area contributed by atoms with Crippen LogP contribution in [0.1, 0.15) is 29.3 Å². The monoisotopic (exact) mass is 321 g/mol. The van der Waals surface area contributed by atoms with Gasteiger partial charge in [-0.25, -0.2) is 0 Å². The normalized spacial score (nSPS) is 11.2. The van der Waals surface area contributed by atoms with Crippen LogP contribution in [0.25, 0.3) is 0 Å². The third-order valence-electron chi connectivity index (χ3n) is 3.18. The minimum absolute atomic E-state index is 0.237. The van der Waals surface area contributed by atoms with Gasteiger partial charge in [-0.1, -0.05) is 6.07 Å². The van der Waals surface area contributed by atoms with Crippen molar-refractivity contribution < 1.29 is 9.59 Å². The zero-order valence-corrected chi connectivity index (χ0v) is 13.6. The maximum atomic E-state index is 12.2. The summed E-state index contributed by atoms with van der Waals surface area (Å²) >= 11 is 1.34. The molecular formula is C14H19N5O2S. The summed E-state index contributed by atoms with van der Waals surface area (Å²) in [5, 5.41) is 15.1. The minimum atomic E-state index is -0.985. The Morgan fingerprint density at radius 3 is 2.77 bits per heavy atom. The first kappa shape index (κ1) is 16.2. The van der Waals surface area contributed by atoms with E-state index in [-0.39, 0.29) is 11.8 Å². The summed E-state index contributed by atoms with van der Waals surface area (Å²) in [5.74, 6) is 0.309. The lowest BCUT2D eigenvalue weighted by atomic mass is 10.0. The smallest absolute Gasteiger partial charge is 0.262 e. The quantitative estimate of drug-likeness (QED) is 0.821. The molecule has 0 aliphatic rings. The average molecular weight is 321 g/mol. The number of carbonyl (C=O) groups is 2. The van der Waals surface area contributed by atoms with E-state index in [1.807, 2.05) is 12.4 Å². The first-order valence-corrected chi connectivity index (χ1v) is 7.75. The van der Waals surface area contributed by atoms with Crippen molar-refractivity contribution in [1.82, 2.24) is 25.4 Å². The van der Waals surface area contributed by atoms with Crippen LogP contribution < -0.4 is 10.6 Å². The van der Waals surface area contributed by atoms with Crippen molar-refractivity contribution in [1.29, 1.82) is 0 Å². The number of hydrogen-bond donors (Lipinski definition) is 2. The van der Waals surface area contributed by atoms with Crippen molar-refractivity contribution in [2.45, 2.75) is 25.8 Å². The second-order valence-corrected chi connectivity index (χ2v) is 6.37. The van der Waals surface area contributed by atoms with Crippen LogP contribution in [0.2, 0.25) is 0 Å². The molecule has 8 heteroatoms. The number of rotatable bonds is 6. The molecular weight excluding hydrogens is 302 g/mol. The van der Waals surface area contributed by atoms with E-state index >= 15 is 0 Å². The summed E-state index contributed by atoms with van der Waals surface area (Å²) in [6, 6.07) is 3.52. The Kier molecular flexibility index (Phi) is 4.92. The Balaban J connectivity index is 1.85. The maximum absolute atomic E-state index is 12.2. The first-order chi connectivity index (χ1) is 10.4. The van der Waals surface area contributed by atoms with Crippen molar-refractivity contribution in [2.75, 3.05) is 6.54 Å². The van der Waals surface area contributed by atoms with E-state index in [4.69, 9.17) is 0 Å². The molecule has 118 valence electrons. The number of amides is 2. The molecule has 0 fully saturated rings. The molecule has 2 heterocycles. The predicted molar refractivity (Wildman–Crippen MR) is 83.6 cm³/mol. The fraction of sp³-hybridized carbons (Fsp3) is 0.429. The van der Waals surface area contributed by atoms with Crippen LogP contribution in [0.3, 0.4) is 0 Å². The molecule has 0 aliphatic heterocycles. The van der Waals surface area contributed by atoms with Crippen LogP contribution in [0.4, 0.5) is 0 Å². The molecule has 0 saturated carbocycles. The largest absolute Gasteiger partial charge is 0.354 e. The van der Waals surface area contributed by atoms with E-state index in [1.54, 1.807) is 36.9 Å². The number of nitrogens with one attached hydrogen (secondary N) is 2. The molecule has 0 bridgehead atoms. The minimum Gasteiger partial charge on any atom is -0.354 e. The van der Waals surface area contributed by atoms with Gasteiger partial charge in [-0.15, -0.1) is 21.5 Å². The van der Waals surface area contributed by atoms with Crippen LogP contribution in [0, 0.1) is 0 Å². The van der Waals surface area contributed by atoms with E-state index in [1.165, 1.54) is 11.3 Å². The maximum Gasteiger partial charge on any atom is 0.262 e. The van der Waals surface area contributed by atoms with Gasteiger partial charge in [0.25, 0.3) is 5.91 Å². The molecule has 0 atom stereocenters. The Morgan fingerprint density at radius 2 is 2.18 bits per heavy atom. The molecule has 0 spiro atoms. The molecule has 7 nitrogen and oxygen atoms in total. The van der Waals surface area contributed by atoms with Gasteiger partial charge in [0.15, 0.2) is 0 Å². The van der Waals surface area contributed by atoms with Gasteiger partial charge >= 0.3 is 0 Å². The number of thiophene rings is 1. The number of aromatic nitrogens is 3. The Morgan fingerprint density at radius 1 is 1.41 bits per heavy atom. The third-order valence-corrected chi connectivity index (χ3v) is 4.05. The van der Waals surface area contributed by atoms with Crippen molar-refractivity contribution in [2.24, 2.45) is 7.05 Å². The van der Waals surface area contributed by atoms with Gasteiger partial charge in [0.2, 0.25) is 5.91 Å². The van der Waals surface area contributed by atoms with Crippen LogP contribution >= 0.6 is 11.3 Å². The molecule has 2 aromatic rings. The summed E-state index contributed by atoms with van der Waals surface area (Å²) in [6.45, 7) is 3.79. The molecule has 2 aromatic heterocycles. The second kappa shape index (κ2) is 6.69. The summed E-state index contributed by atoms with van der Waals surface area (Å²) < 4.78 is 1.80. The molecule has 0 unspecified atom stereocenters. The van der Waals surface area contributed by atoms with Gasteiger partial charge < -0.3 is 15.2 Å². The van der Waals surface area contributed by atoms with E-state index in [0.717, 1.165) is 5.82 Å². The van der Waals surface area contributed by atoms with Crippen LogP contribution in [0.5, 0.6) is 0 Å². The molecule has 2 amide bonds. The van der Waals surface area contributed by atoms with E-state index in [9.17, 15) is 9.59 Å². The van der Waals surface area contributed by atoms with Gasteiger partial charge in [0.05, 0.1) is 4.88 Å². The van der Waals surface area contributed by atoms with Crippen LogP contribution in [-0.2, 0) is 18.3 Å². The highest BCUT2D eigenvalue weighted by Crippen LogP contribution is 2.11. The molecule has 2 N–H and O–H groups in total. The highest BCUT2D eigenvalue weighted by molar-refractivity contribution is 7.12. The summed E-state index contributed by atoms with van der Waals surface area (Å²) in [6.07, 6.45) is 2.19. The van der Waals surface area contributed by atoms with E-state index < -0.39 is 5.54 Å². The topological polar surface area (TPSA) is 88.9 Å². The average Bonchev–Trinajstić information content (AvgIpc) is 3.10. The molecule has 0 aliphatic carbocycles. The Labute approximate surface area is 132 Å². The first-order valence-electron chi connectivity index (χ1n) is 6.87. The van der Waals surface area contributed by atoms with Crippen molar-refractivity contribution in [3.05, 3.63) is 34.5 Å². The summed E-state index contributed by atoms with van der Waals surface area (Å²) in [4.78, 5) is 24.8. The highest BCUT2D eigenvalue weighted by Gasteiger charge is 2.29. The molecule has 0 aromatic carbocycles. The zero-order valence-electron chi connectivity index (χ0n) is 12.8. The van der Waals surface area contributed by atoms with Crippen LogP contribution in [-0.4, -0.2) is 38.7 Å². The SMILES string of the molecule is Cn1cnnc1CCNC(=O)C(C)(C)NC(=O)c1cccs1. The fourth-order valence-corrected chi connectivity index (χ4v) is 2.47. The van der Waals surface area contributed by atoms with Crippen LogP contribution in [0.15, 0.2) is 23.8 Å². The lowest BCUT2D eigenvalue weighted by Crippen LogP contribution is -2.54. The molecule has 0 saturated heterocycles. The van der Waals surface area contributed by atoms with Crippen molar-refractivity contribution >= 4 is 23.2 Å². The lowest BCUT2D eigenvalue weighted by Gasteiger charge is -2.24. The lowest BCUT2D eigenvalue weighted by molar-refractivity contribution is -0.126. The second-order valence-electron chi connectivity index (χ2n) is 5.42. The van der Waals surface area contributed by atoms with E-state index in [0.29, 0.717) is 17.8 Å². The molecule has 22 heavy (non-hydrogen) atoms. The number of carbonyl (C=O) groups excluding carboxylic acids is 2. The third kappa shape index (κ3) is 3.91. The van der Waals surface area contributed by atoms with Gasteiger partial charge in [0.1, 0.15) is 17.7 Å². The van der Waals surface area contributed by atoms with Gasteiger partial charge in [-0.2, -0.15) is 0 Å². The molecule has 0 radical (unpaired) electrons. The fourth-order valence-electron chi connectivity index (χ4n) is 1.85. The number of hydrogen-bond acceptors (Lipinski definition) is 5. The Bertz CT molecular complexity index is 648. The standard InChI is InChI=1S/C14H19N5O2S/c1-14(2,17-12(20)10-5-4-8-22-10)13(21)15-7-6-11-18-16-9-19(11)3/h4-5,8-9H,6-7H2,1-3H3,(H,15,21)(H,17,20). The predicted octanol–water partition coefficient (Wildman–Crippen LogP) is 0.744. The molecule has 2 rings (SSSR count). The summed E-state index contributed by atoms with van der Waals surface area (Å²) in [5.41, 5.74) is -0.985. The van der Waals surface area contributed by atoms with Gasteiger partial charge in [0, 0.05) is 20.0 Å². The summed E-state index contributed by atoms with van der Waals surface area (Å²) in [7, 11) is 1.85. The highest BCUT2D eigenvalue weighted by atomic mass is 32.1. The number of aryl methyl sites for hydroxylation is 1. The van der Waals surface area contributed by atoms with Crippen molar-refractivity contribution in [3.8, 4) is 0 Å². The zero-order chi connectivity index (χ0) is 16.2. The van der Waals surface area contributed by atoms with E-state index in [2.05, 4.69) is 20.8 Å². The Hall–Kier alpha value is -2.22. The van der Waals surface area contributed by atoms with Gasteiger partial charge in [-0.05, 0) is 25.3 Å². The van der Waals surface area contributed by atoms with Gasteiger partial charge in [-0.3, -0.25) is 9.59 Å². The number of nitrogens with zero attached hydrogens (tertiary/aromatic N) is 3.